The molecule has 0 saturated carbocycles. The highest BCUT2D eigenvalue weighted by atomic mass is 19.4. The van der Waals surface area contributed by atoms with Gasteiger partial charge in [-0.25, -0.2) is 4.79 Å². The van der Waals surface area contributed by atoms with Crippen LogP contribution < -0.4 is 5.32 Å². The summed E-state index contributed by atoms with van der Waals surface area (Å²) in [4.78, 5) is 10.8. The van der Waals surface area contributed by atoms with Gasteiger partial charge >= 0.3 is 12.1 Å². The lowest BCUT2D eigenvalue weighted by molar-refractivity contribution is -0.137. The van der Waals surface area contributed by atoms with Crippen molar-refractivity contribution in [3.05, 3.63) is 28.8 Å². The molecule has 88 valence electrons. The van der Waals surface area contributed by atoms with E-state index in [4.69, 9.17) is 5.11 Å². The van der Waals surface area contributed by atoms with Gasteiger partial charge in [0.2, 0.25) is 0 Å². The van der Waals surface area contributed by atoms with E-state index in [1.807, 2.05) is 0 Å². The van der Waals surface area contributed by atoms with Crippen molar-refractivity contribution in [3.63, 3.8) is 0 Å². The van der Waals surface area contributed by atoms with Gasteiger partial charge in [0, 0.05) is 7.05 Å². The molecule has 0 aliphatic carbocycles. The number of nitrogens with one attached hydrogen (secondary N) is 1. The molecule has 0 unspecified atom stereocenters. The van der Waals surface area contributed by atoms with Crippen LogP contribution in [0.25, 0.3) is 0 Å². The number of benzene rings is 1. The highest BCUT2D eigenvalue weighted by Gasteiger charge is 2.32. The Morgan fingerprint density at radius 2 is 1.94 bits per heavy atom. The molecule has 3 nitrogen and oxygen atoms in total. The minimum absolute atomic E-state index is 0.195. The van der Waals surface area contributed by atoms with Crippen molar-refractivity contribution in [1.82, 2.24) is 0 Å². The van der Waals surface area contributed by atoms with Crippen molar-refractivity contribution in [3.8, 4) is 0 Å². The van der Waals surface area contributed by atoms with Crippen LogP contribution in [0.1, 0.15) is 21.5 Å². The topological polar surface area (TPSA) is 49.3 Å². The van der Waals surface area contributed by atoms with Crippen LogP contribution in [0.2, 0.25) is 0 Å². The molecule has 0 fully saturated rings. The Kier molecular flexibility index (Phi) is 3.11. The zero-order chi connectivity index (χ0) is 12.5. The quantitative estimate of drug-likeness (QED) is 0.825. The molecule has 1 rings (SSSR count). The number of carbonyl (C=O) groups is 1. The van der Waals surface area contributed by atoms with Crippen LogP contribution in [-0.2, 0) is 6.18 Å². The monoisotopic (exact) mass is 233 g/mol. The summed E-state index contributed by atoms with van der Waals surface area (Å²) in [5.74, 6) is -1.39. The molecular formula is C10H10F3NO2. The first-order valence-corrected chi connectivity index (χ1v) is 4.40. The van der Waals surface area contributed by atoms with Gasteiger partial charge in [-0.05, 0) is 24.6 Å². The van der Waals surface area contributed by atoms with Gasteiger partial charge in [0.1, 0.15) is 0 Å². The highest BCUT2D eigenvalue weighted by Crippen LogP contribution is 2.33. The number of anilines is 1. The van der Waals surface area contributed by atoms with E-state index in [0.717, 1.165) is 6.07 Å². The van der Waals surface area contributed by atoms with Crippen molar-refractivity contribution in [2.24, 2.45) is 0 Å². The highest BCUT2D eigenvalue weighted by molar-refractivity contribution is 5.95. The summed E-state index contributed by atoms with van der Waals surface area (Å²) in [5.41, 5.74) is -0.897. The molecule has 0 spiro atoms. The Morgan fingerprint density at radius 1 is 1.38 bits per heavy atom. The SMILES string of the molecule is CNc1c(C)cc(C(F)(F)F)cc1C(=O)O. The lowest BCUT2D eigenvalue weighted by Crippen LogP contribution is -2.11. The zero-order valence-corrected chi connectivity index (χ0v) is 8.64. The number of aryl methyl sites for hydroxylation is 1. The fourth-order valence-corrected chi connectivity index (χ4v) is 1.45. The predicted octanol–water partition coefficient (Wildman–Crippen LogP) is 2.75. The largest absolute Gasteiger partial charge is 0.478 e. The average molecular weight is 233 g/mol. The van der Waals surface area contributed by atoms with E-state index in [9.17, 15) is 18.0 Å². The van der Waals surface area contributed by atoms with Crippen LogP contribution in [0, 0.1) is 6.92 Å². The van der Waals surface area contributed by atoms with Crippen molar-refractivity contribution in [1.29, 1.82) is 0 Å². The first-order chi connectivity index (χ1) is 7.27. The molecule has 16 heavy (non-hydrogen) atoms. The number of rotatable bonds is 2. The summed E-state index contributed by atoms with van der Waals surface area (Å²) < 4.78 is 37.3. The number of alkyl halides is 3. The van der Waals surface area contributed by atoms with Gasteiger partial charge in [-0.2, -0.15) is 13.2 Å². The van der Waals surface area contributed by atoms with Gasteiger partial charge in [-0.15, -0.1) is 0 Å². The molecule has 1 aromatic rings. The second kappa shape index (κ2) is 4.03. The van der Waals surface area contributed by atoms with E-state index < -0.39 is 17.7 Å². The van der Waals surface area contributed by atoms with Crippen LogP contribution in [0.4, 0.5) is 18.9 Å². The van der Waals surface area contributed by atoms with E-state index in [1.165, 1.54) is 14.0 Å². The molecule has 0 heterocycles. The van der Waals surface area contributed by atoms with Crippen LogP contribution in [0.5, 0.6) is 0 Å². The zero-order valence-electron chi connectivity index (χ0n) is 8.64. The maximum atomic E-state index is 12.4. The Bertz CT molecular complexity index is 427. The molecule has 0 amide bonds. The van der Waals surface area contributed by atoms with Gasteiger partial charge in [0.05, 0.1) is 16.8 Å². The fourth-order valence-electron chi connectivity index (χ4n) is 1.45. The van der Waals surface area contributed by atoms with Gasteiger partial charge in [-0.1, -0.05) is 0 Å². The molecule has 0 radical (unpaired) electrons. The first-order valence-electron chi connectivity index (χ1n) is 4.40. The maximum absolute atomic E-state index is 12.4. The van der Waals surface area contributed by atoms with Crippen LogP contribution in [-0.4, -0.2) is 18.1 Å². The lowest BCUT2D eigenvalue weighted by Gasteiger charge is -2.13. The van der Waals surface area contributed by atoms with E-state index in [-0.39, 0.29) is 16.8 Å². The predicted molar refractivity (Wildman–Crippen MR) is 52.7 cm³/mol. The number of carboxylic acids is 1. The minimum atomic E-state index is -4.54. The Hall–Kier alpha value is -1.72. The van der Waals surface area contributed by atoms with E-state index in [2.05, 4.69) is 5.32 Å². The second-order valence-corrected chi connectivity index (χ2v) is 3.27. The van der Waals surface area contributed by atoms with Gasteiger partial charge in [0.25, 0.3) is 0 Å². The third-order valence-corrected chi connectivity index (χ3v) is 2.14. The molecule has 6 heteroatoms. The van der Waals surface area contributed by atoms with Crippen LogP contribution in [0.3, 0.4) is 0 Å². The maximum Gasteiger partial charge on any atom is 0.416 e. The number of halogens is 3. The van der Waals surface area contributed by atoms with E-state index >= 15 is 0 Å². The van der Waals surface area contributed by atoms with E-state index in [1.54, 1.807) is 0 Å². The Balaban J connectivity index is 3.46. The van der Waals surface area contributed by atoms with Gasteiger partial charge in [0.15, 0.2) is 0 Å². The van der Waals surface area contributed by atoms with Crippen molar-refractivity contribution < 1.29 is 23.1 Å². The smallest absolute Gasteiger partial charge is 0.416 e. The van der Waals surface area contributed by atoms with Gasteiger partial charge < -0.3 is 10.4 Å². The molecule has 0 aromatic heterocycles. The fraction of sp³-hybridized carbons (Fsp3) is 0.300. The first kappa shape index (κ1) is 12.4. The normalized spacial score (nSPS) is 11.3. The summed E-state index contributed by atoms with van der Waals surface area (Å²) in [7, 11) is 1.46. The van der Waals surface area contributed by atoms with Crippen LogP contribution >= 0.6 is 0 Å². The van der Waals surface area contributed by atoms with Gasteiger partial charge in [-0.3, -0.25) is 0 Å². The summed E-state index contributed by atoms with van der Waals surface area (Å²) in [5, 5.41) is 11.4. The molecule has 2 N–H and O–H groups in total. The van der Waals surface area contributed by atoms with Crippen molar-refractivity contribution in [2.45, 2.75) is 13.1 Å². The molecule has 0 aliphatic heterocycles. The summed E-state index contributed by atoms with van der Waals surface area (Å²) in [6, 6.07) is 1.54. The number of aromatic carboxylic acids is 1. The van der Waals surface area contributed by atoms with E-state index in [0.29, 0.717) is 6.07 Å². The molecular weight excluding hydrogens is 223 g/mol. The Labute approximate surface area is 89.9 Å². The summed E-state index contributed by atoms with van der Waals surface area (Å²) >= 11 is 0. The van der Waals surface area contributed by atoms with Crippen LogP contribution in [0.15, 0.2) is 12.1 Å². The Morgan fingerprint density at radius 3 is 2.31 bits per heavy atom. The summed E-state index contributed by atoms with van der Waals surface area (Å²) in [6.45, 7) is 1.42. The molecule has 0 aliphatic rings. The third kappa shape index (κ3) is 2.26. The van der Waals surface area contributed by atoms with Crippen molar-refractivity contribution in [2.75, 3.05) is 12.4 Å². The standard InChI is InChI=1S/C10H10F3NO2/c1-5-3-6(10(11,12)13)4-7(9(15)16)8(5)14-2/h3-4,14H,1-2H3,(H,15,16). The summed E-state index contributed by atoms with van der Waals surface area (Å²) in [6.07, 6.45) is -4.54. The second-order valence-electron chi connectivity index (χ2n) is 3.27. The molecule has 1 aromatic carbocycles. The molecule has 0 atom stereocenters. The van der Waals surface area contributed by atoms with Crippen molar-refractivity contribution >= 4 is 11.7 Å². The number of carboxylic acid groups (broad SMARTS) is 1. The lowest BCUT2D eigenvalue weighted by atomic mass is 10.0. The third-order valence-electron chi connectivity index (χ3n) is 2.14. The minimum Gasteiger partial charge on any atom is -0.478 e. The molecule has 0 saturated heterocycles. The number of hydrogen-bond donors (Lipinski definition) is 2. The average Bonchev–Trinajstić information content (AvgIpc) is 2.14. The number of hydrogen-bond acceptors (Lipinski definition) is 2. The molecule has 0 bridgehead atoms.